The largest absolute Gasteiger partial charge is 0.390 e. The maximum absolute atomic E-state index is 12.1. The van der Waals surface area contributed by atoms with Gasteiger partial charge in [-0.1, -0.05) is 6.92 Å². The Morgan fingerprint density at radius 2 is 2.00 bits per heavy atom. The van der Waals surface area contributed by atoms with E-state index in [1.54, 1.807) is 6.92 Å². The van der Waals surface area contributed by atoms with Gasteiger partial charge in [0.2, 0.25) is 10.0 Å². The van der Waals surface area contributed by atoms with Crippen LogP contribution in [-0.4, -0.2) is 49.2 Å². The number of primary sulfonamides is 1. The first-order chi connectivity index (χ1) is 9.47. The smallest absolute Gasteiger partial charge is 0.340 e. The number of nitrogens with zero attached hydrogens (tertiary/aromatic N) is 2. The van der Waals surface area contributed by atoms with E-state index in [-0.39, 0.29) is 12.1 Å². The molecule has 1 amide bonds. The van der Waals surface area contributed by atoms with E-state index in [9.17, 15) is 26.4 Å². The predicted octanol–water partition coefficient (Wildman–Crippen LogP) is 0.644. The van der Waals surface area contributed by atoms with Gasteiger partial charge in [0.05, 0.1) is 12.1 Å². The van der Waals surface area contributed by atoms with Crippen LogP contribution in [-0.2, 0) is 16.4 Å². The van der Waals surface area contributed by atoms with E-state index in [0.717, 1.165) is 11.9 Å². The molecule has 0 spiro atoms. The third kappa shape index (κ3) is 4.43. The topological polar surface area (TPSA) is 109 Å². The highest BCUT2D eigenvalue weighted by Gasteiger charge is 2.31. The molecule has 0 aromatic carbocycles. The van der Waals surface area contributed by atoms with Crippen LogP contribution in [0.5, 0.6) is 0 Å². The first kappa shape index (κ1) is 17.4. The number of halogens is 3. The zero-order valence-electron chi connectivity index (χ0n) is 11.4. The summed E-state index contributed by atoms with van der Waals surface area (Å²) in [5, 5.41) is 10.9. The van der Waals surface area contributed by atoms with Crippen LogP contribution in [0.15, 0.2) is 4.90 Å². The normalized spacial score (nSPS) is 12.5. The van der Waals surface area contributed by atoms with E-state index in [1.165, 1.54) is 0 Å². The van der Waals surface area contributed by atoms with Crippen LogP contribution < -0.4 is 5.14 Å². The first-order valence-corrected chi connectivity index (χ1v) is 7.44. The number of sulfonamides is 1. The summed E-state index contributed by atoms with van der Waals surface area (Å²) in [6.45, 7) is 1.00. The van der Waals surface area contributed by atoms with E-state index in [4.69, 9.17) is 5.14 Å². The van der Waals surface area contributed by atoms with Crippen LogP contribution in [0.25, 0.3) is 0 Å². The zero-order valence-corrected chi connectivity index (χ0v) is 12.2. The lowest BCUT2D eigenvalue weighted by molar-refractivity contribution is -0.136. The first-order valence-electron chi connectivity index (χ1n) is 5.89. The highest BCUT2D eigenvalue weighted by atomic mass is 32.2. The Morgan fingerprint density at radius 3 is 2.43 bits per heavy atom. The summed E-state index contributed by atoms with van der Waals surface area (Å²) in [5.41, 5.74) is -0.371. The summed E-state index contributed by atoms with van der Waals surface area (Å²) < 4.78 is 59.4. The SMILES string of the molecule is CCc1[nH]nc(C(=O)N(C)CCC(F)(F)F)c1S(N)(=O)=O. The molecule has 21 heavy (non-hydrogen) atoms. The third-order valence-electron chi connectivity index (χ3n) is 2.71. The molecule has 0 aliphatic carbocycles. The van der Waals surface area contributed by atoms with E-state index >= 15 is 0 Å². The number of aryl methyl sites for hydroxylation is 1. The second-order valence-corrected chi connectivity index (χ2v) is 5.87. The monoisotopic (exact) mass is 328 g/mol. The van der Waals surface area contributed by atoms with E-state index in [2.05, 4.69) is 10.2 Å². The van der Waals surface area contributed by atoms with Gasteiger partial charge >= 0.3 is 6.18 Å². The number of hydrogen-bond acceptors (Lipinski definition) is 4. The molecule has 1 aromatic rings. The third-order valence-corrected chi connectivity index (χ3v) is 3.72. The van der Waals surface area contributed by atoms with E-state index in [1.807, 2.05) is 0 Å². The molecule has 3 N–H and O–H groups in total. The Hall–Kier alpha value is -1.62. The number of carbonyl (C=O) groups is 1. The van der Waals surface area contributed by atoms with Gasteiger partial charge < -0.3 is 4.90 Å². The minimum atomic E-state index is -4.42. The summed E-state index contributed by atoms with van der Waals surface area (Å²) in [6, 6.07) is 0. The fourth-order valence-electron chi connectivity index (χ4n) is 1.64. The summed E-state index contributed by atoms with van der Waals surface area (Å²) in [6.07, 6.45) is -5.40. The summed E-state index contributed by atoms with van der Waals surface area (Å²) in [7, 11) is -3.09. The molecular formula is C10H15F3N4O3S. The zero-order chi connectivity index (χ0) is 16.4. The van der Waals surface area contributed by atoms with Crippen LogP contribution in [0.4, 0.5) is 13.2 Å². The van der Waals surface area contributed by atoms with Crippen LogP contribution in [0.2, 0.25) is 0 Å². The van der Waals surface area contributed by atoms with Crippen molar-refractivity contribution in [2.24, 2.45) is 5.14 Å². The number of rotatable bonds is 5. The van der Waals surface area contributed by atoms with Crippen LogP contribution in [0, 0.1) is 0 Å². The van der Waals surface area contributed by atoms with Gasteiger partial charge in [0.15, 0.2) is 5.69 Å². The molecule has 0 fully saturated rings. The molecule has 1 aromatic heterocycles. The molecule has 11 heteroatoms. The molecule has 0 aliphatic rings. The molecule has 1 rings (SSSR count). The van der Waals surface area contributed by atoms with Crippen molar-refractivity contribution >= 4 is 15.9 Å². The molecule has 0 bridgehead atoms. The van der Waals surface area contributed by atoms with Crippen LogP contribution in [0.1, 0.15) is 29.5 Å². The summed E-state index contributed by atoms with van der Waals surface area (Å²) >= 11 is 0. The quantitative estimate of drug-likeness (QED) is 0.826. The molecule has 0 radical (unpaired) electrons. The number of aromatic amines is 1. The van der Waals surface area contributed by atoms with E-state index < -0.39 is 45.7 Å². The Kier molecular flexibility index (Phi) is 4.99. The minimum absolute atomic E-state index is 0.130. The molecule has 0 saturated heterocycles. The van der Waals surface area contributed by atoms with Crippen molar-refractivity contribution in [3.8, 4) is 0 Å². The Bertz CT molecular complexity index is 624. The Balaban J connectivity index is 3.06. The van der Waals surface area contributed by atoms with Gasteiger partial charge in [-0.3, -0.25) is 9.89 Å². The van der Waals surface area contributed by atoms with Crippen molar-refractivity contribution in [1.29, 1.82) is 0 Å². The molecule has 120 valence electrons. The van der Waals surface area contributed by atoms with Crippen molar-refractivity contribution in [3.05, 3.63) is 11.4 Å². The van der Waals surface area contributed by atoms with Crippen molar-refractivity contribution in [2.45, 2.75) is 30.8 Å². The van der Waals surface area contributed by atoms with Gasteiger partial charge in [0.1, 0.15) is 4.90 Å². The molecule has 7 nitrogen and oxygen atoms in total. The van der Waals surface area contributed by atoms with Gasteiger partial charge in [-0.15, -0.1) is 0 Å². The van der Waals surface area contributed by atoms with Crippen molar-refractivity contribution in [3.63, 3.8) is 0 Å². The lowest BCUT2D eigenvalue weighted by Crippen LogP contribution is -2.32. The van der Waals surface area contributed by atoms with E-state index in [0.29, 0.717) is 0 Å². The van der Waals surface area contributed by atoms with Gasteiger partial charge in [0.25, 0.3) is 5.91 Å². The van der Waals surface area contributed by atoms with Crippen molar-refractivity contribution in [2.75, 3.05) is 13.6 Å². The summed E-state index contributed by atoms with van der Waals surface area (Å²) in [4.78, 5) is 12.3. The average Bonchev–Trinajstić information content (AvgIpc) is 2.77. The van der Waals surface area contributed by atoms with Gasteiger partial charge in [-0.05, 0) is 6.42 Å². The van der Waals surface area contributed by atoms with Crippen LogP contribution >= 0.6 is 0 Å². The second kappa shape index (κ2) is 6.02. The maximum atomic E-state index is 12.1. The maximum Gasteiger partial charge on any atom is 0.390 e. The standard InChI is InChI=1S/C10H15F3N4O3S/c1-3-6-8(21(14,19)20)7(16-15-6)9(18)17(2)5-4-10(11,12)13/h3-5H2,1-2H3,(H,15,16)(H2,14,19,20). The van der Waals surface area contributed by atoms with Crippen molar-refractivity contribution in [1.82, 2.24) is 15.1 Å². The van der Waals surface area contributed by atoms with Crippen molar-refractivity contribution < 1.29 is 26.4 Å². The van der Waals surface area contributed by atoms with Gasteiger partial charge in [-0.25, -0.2) is 13.6 Å². The number of nitrogens with two attached hydrogens (primary N) is 1. The molecule has 0 unspecified atom stereocenters. The number of H-pyrrole nitrogens is 1. The number of amides is 1. The summed E-state index contributed by atoms with van der Waals surface area (Å²) in [5.74, 6) is -0.945. The molecule has 1 heterocycles. The van der Waals surface area contributed by atoms with Gasteiger partial charge in [-0.2, -0.15) is 18.3 Å². The number of hydrogen-bond donors (Lipinski definition) is 2. The predicted molar refractivity (Wildman–Crippen MR) is 67.0 cm³/mol. The minimum Gasteiger partial charge on any atom is -0.340 e. The Labute approximate surface area is 119 Å². The lowest BCUT2D eigenvalue weighted by Gasteiger charge is -2.17. The number of aromatic nitrogens is 2. The number of alkyl halides is 3. The van der Waals surface area contributed by atoms with Crippen LogP contribution in [0.3, 0.4) is 0 Å². The fourth-order valence-corrected chi connectivity index (χ4v) is 2.57. The Morgan fingerprint density at radius 1 is 1.43 bits per heavy atom. The highest BCUT2D eigenvalue weighted by molar-refractivity contribution is 7.89. The number of carbonyl (C=O) groups excluding carboxylic acids is 1. The number of nitrogens with one attached hydrogen (secondary N) is 1. The molecule has 0 saturated carbocycles. The highest BCUT2D eigenvalue weighted by Crippen LogP contribution is 2.22. The molecular weight excluding hydrogens is 313 g/mol. The molecule has 0 aliphatic heterocycles. The molecule has 0 atom stereocenters. The second-order valence-electron chi connectivity index (χ2n) is 4.37. The van der Waals surface area contributed by atoms with Gasteiger partial charge in [0, 0.05) is 13.6 Å². The average molecular weight is 328 g/mol. The lowest BCUT2D eigenvalue weighted by atomic mass is 10.2. The fraction of sp³-hybridized carbons (Fsp3) is 0.600.